The van der Waals surface area contributed by atoms with Crippen LogP contribution in [0.5, 0.6) is 0 Å². The first-order chi connectivity index (χ1) is 4.18. The molecule has 0 atom stereocenters. The molecule has 1 rings (SSSR count). The summed E-state index contributed by atoms with van der Waals surface area (Å²) in [6, 6.07) is 6.71. The molecule has 1 aromatic rings. The first-order valence-electron chi connectivity index (χ1n) is 2.98. The van der Waals surface area contributed by atoms with Crippen molar-refractivity contribution in [2.45, 2.75) is 13.8 Å². The Morgan fingerprint density at radius 1 is 0.909 bits per heavy atom. The smallest absolute Gasteiger partial charge is 0.147 e. The molecule has 3 heteroatoms. The molecule has 0 nitrogen and oxygen atoms in total. The molecular weight excluding hydrogens is 345 g/mol. The van der Waals surface area contributed by atoms with E-state index in [2.05, 4.69) is 32.0 Å². The second-order valence-electron chi connectivity index (χ2n) is 2.38. The standard InChI is InChI=1S/C8H9.2ClH.Hf/c1-7-4-3-5-8(2)6-7;;;/h4-6H,1-2H3;2*1H;. The summed E-state index contributed by atoms with van der Waals surface area (Å²) in [7, 11) is 0. The molecule has 0 unspecified atom stereocenters. The minimum Gasteiger partial charge on any atom is -0.147 e. The summed E-state index contributed by atoms with van der Waals surface area (Å²) in [5.74, 6) is 0. The average molecular weight is 357 g/mol. The van der Waals surface area contributed by atoms with Crippen molar-refractivity contribution in [3.63, 3.8) is 0 Å². The Morgan fingerprint density at radius 3 is 1.55 bits per heavy atom. The number of aryl methyl sites for hydroxylation is 2. The van der Waals surface area contributed by atoms with Crippen molar-refractivity contribution in [3.05, 3.63) is 29.3 Å². The monoisotopic (exact) mass is 357 g/mol. The van der Waals surface area contributed by atoms with Crippen molar-refractivity contribution in [1.29, 1.82) is 0 Å². The zero-order chi connectivity index (χ0) is 6.85. The van der Waals surface area contributed by atoms with E-state index in [0.717, 1.165) is 0 Å². The molecule has 0 bridgehead atoms. The van der Waals surface area contributed by atoms with Gasteiger partial charge in [0, 0.05) is 0 Å². The van der Waals surface area contributed by atoms with E-state index in [-0.39, 0.29) is 24.8 Å². The van der Waals surface area contributed by atoms with E-state index in [1.165, 1.54) is 38.8 Å². The van der Waals surface area contributed by atoms with Crippen LogP contribution in [0.1, 0.15) is 11.1 Å². The van der Waals surface area contributed by atoms with Gasteiger partial charge in [0.15, 0.2) is 0 Å². The van der Waals surface area contributed by atoms with Crippen LogP contribution in [-0.2, 0) is 24.4 Å². The van der Waals surface area contributed by atoms with Gasteiger partial charge >= 0.3 is 70.9 Å². The topological polar surface area (TPSA) is 0 Å². The van der Waals surface area contributed by atoms with E-state index in [4.69, 9.17) is 0 Å². The summed E-state index contributed by atoms with van der Waals surface area (Å²) in [4.78, 5) is 0. The van der Waals surface area contributed by atoms with Gasteiger partial charge in [0.2, 0.25) is 0 Å². The SMILES string of the molecule is Cc1cc(C)c[c]([Hf])c1.Cl.Cl. The summed E-state index contributed by atoms with van der Waals surface area (Å²) in [6.45, 7) is 4.29. The number of benzene rings is 1. The Morgan fingerprint density at radius 2 is 1.27 bits per heavy atom. The molecule has 0 saturated heterocycles. The van der Waals surface area contributed by atoms with Crippen LogP contribution in [0.2, 0.25) is 0 Å². The fourth-order valence-electron chi connectivity index (χ4n) is 0.975. The summed E-state index contributed by atoms with van der Waals surface area (Å²) in [5, 5.41) is 0. The molecule has 1 aromatic carbocycles. The molecule has 0 aliphatic rings. The Kier molecular flexibility index (Phi) is 8.03. The first kappa shape index (κ1) is 14.2. The van der Waals surface area contributed by atoms with Gasteiger partial charge in [-0.2, -0.15) is 0 Å². The fraction of sp³-hybridized carbons (Fsp3) is 0.250. The number of halogens is 2. The van der Waals surface area contributed by atoms with Gasteiger partial charge in [0.1, 0.15) is 0 Å². The van der Waals surface area contributed by atoms with E-state index >= 15 is 0 Å². The Labute approximate surface area is 95.2 Å². The van der Waals surface area contributed by atoms with Crippen LogP contribution in [0.3, 0.4) is 0 Å². The molecule has 0 fully saturated rings. The molecule has 0 aliphatic carbocycles. The first-order valence-corrected chi connectivity index (χ1v) is 4.78. The summed E-state index contributed by atoms with van der Waals surface area (Å²) >= 11 is 1.17. The molecule has 0 N–H and O–H groups in total. The summed E-state index contributed by atoms with van der Waals surface area (Å²) in [6.07, 6.45) is 0. The minimum absolute atomic E-state index is 0. The Hall–Kier alpha value is 0.670. The minimum atomic E-state index is 0. The molecule has 11 heavy (non-hydrogen) atoms. The molecule has 0 radical (unpaired) electrons. The maximum Gasteiger partial charge on any atom is -0.147 e. The number of hydrogen-bond donors (Lipinski definition) is 0. The molecule has 0 saturated carbocycles. The normalized spacial score (nSPS) is 7.73. The van der Waals surface area contributed by atoms with Gasteiger partial charge in [-0.25, -0.2) is 0 Å². The van der Waals surface area contributed by atoms with Crippen molar-refractivity contribution >= 4 is 28.1 Å². The third-order valence-electron chi connectivity index (χ3n) is 1.22. The van der Waals surface area contributed by atoms with Crippen LogP contribution in [0.4, 0.5) is 0 Å². The van der Waals surface area contributed by atoms with Crippen molar-refractivity contribution in [3.8, 4) is 0 Å². The maximum atomic E-state index is 2.25. The van der Waals surface area contributed by atoms with E-state index in [9.17, 15) is 0 Å². The Bertz CT molecular complexity index is 173. The van der Waals surface area contributed by atoms with Gasteiger partial charge in [0.25, 0.3) is 0 Å². The van der Waals surface area contributed by atoms with Crippen molar-refractivity contribution in [2.75, 3.05) is 0 Å². The third-order valence-corrected chi connectivity index (χ3v) is 2.26. The van der Waals surface area contributed by atoms with Gasteiger partial charge in [-0.3, -0.25) is 0 Å². The molecule has 0 spiro atoms. The zero-order valence-electron chi connectivity index (χ0n) is 6.55. The van der Waals surface area contributed by atoms with E-state index < -0.39 is 0 Å². The van der Waals surface area contributed by atoms with Crippen LogP contribution >= 0.6 is 24.8 Å². The van der Waals surface area contributed by atoms with E-state index in [1.807, 2.05) is 0 Å². The van der Waals surface area contributed by atoms with Gasteiger partial charge in [-0.05, 0) is 0 Å². The molecule has 0 aliphatic heterocycles. The quantitative estimate of drug-likeness (QED) is 0.626. The maximum absolute atomic E-state index is 2.25. The summed E-state index contributed by atoms with van der Waals surface area (Å²) < 4.78 is 1.49. The van der Waals surface area contributed by atoms with Crippen LogP contribution < -0.4 is 3.32 Å². The zero-order valence-corrected chi connectivity index (χ0v) is 11.8. The number of hydrogen-bond acceptors (Lipinski definition) is 0. The van der Waals surface area contributed by atoms with Gasteiger partial charge < -0.3 is 0 Å². The average Bonchev–Trinajstić information content (AvgIpc) is 1.59. The van der Waals surface area contributed by atoms with Crippen LogP contribution in [-0.4, -0.2) is 0 Å². The van der Waals surface area contributed by atoms with E-state index in [1.54, 1.807) is 0 Å². The van der Waals surface area contributed by atoms with E-state index in [0.29, 0.717) is 0 Å². The molecular formula is C8H11Cl2Hf. The molecule has 0 heterocycles. The van der Waals surface area contributed by atoms with Crippen molar-refractivity contribution < 1.29 is 24.4 Å². The van der Waals surface area contributed by atoms with Gasteiger partial charge in [-0.1, -0.05) is 0 Å². The molecule has 0 aromatic heterocycles. The molecule has 61 valence electrons. The second-order valence-corrected chi connectivity index (χ2v) is 4.45. The third kappa shape index (κ3) is 5.00. The van der Waals surface area contributed by atoms with Crippen LogP contribution in [0, 0.1) is 13.8 Å². The summed E-state index contributed by atoms with van der Waals surface area (Å²) in [5.41, 5.74) is 2.78. The molecule has 0 amide bonds. The Balaban J connectivity index is 0. The largest absolute Gasteiger partial charge is 0.147 e. The van der Waals surface area contributed by atoms with Gasteiger partial charge in [0.05, 0.1) is 0 Å². The second kappa shape index (κ2) is 6.22. The van der Waals surface area contributed by atoms with Crippen LogP contribution in [0.25, 0.3) is 0 Å². The van der Waals surface area contributed by atoms with Crippen molar-refractivity contribution in [2.24, 2.45) is 0 Å². The van der Waals surface area contributed by atoms with Crippen molar-refractivity contribution in [1.82, 2.24) is 0 Å². The number of rotatable bonds is 0. The predicted octanol–water partition coefficient (Wildman–Crippen LogP) is 2.32. The van der Waals surface area contributed by atoms with Gasteiger partial charge in [-0.15, -0.1) is 24.8 Å². The van der Waals surface area contributed by atoms with Crippen LogP contribution in [0.15, 0.2) is 18.2 Å². The fourth-order valence-corrected chi connectivity index (χ4v) is 2.61. The predicted molar refractivity (Wildman–Crippen MR) is 50.0 cm³/mol.